The van der Waals surface area contributed by atoms with Crippen molar-refractivity contribution in [3.8, 4) is 0 Å². The Balaban J connectivity index is 1.39. The summed E-state index contributed by atoms with van der Waals surface area (Å²) in [5.74, 6) is 0.516. The van der Waals surface area contributed by atoms with Crippen LogP contribution in [0.2, 0.25) is 0 Å². The predicted molar refractivity (Wildman–Crippen MR) is 107 cm³/mol. The third kappa shape index (κ3) is 6.02. The van der Waals surface area contributed by atoms with E-state index < -0.39 is 10.0 Å². The van der Waals surface area contributed by atoms with Crippen LogP contribution in [0.3, 0.4) is 0 Å². The maximum absolute atomic E-state index is 12.6. The molecule has 0 saturated carbocycles. The number of sulfonamides is 1. The molecule has 0 bridgehead atoms. The predicted octanol–water partition coefficient (Wildman–Crippen LogP) is 1.78. The highest BCUT2D eigenvalue weighted by atomic mass is 32.2. The van der Waals surface area contributed by atoms with Crippen molar-refractivity contribution in [1.82, 2.24) is 14.1 Å². The molecule has 1 aromatic rings. The van der Waals surface area contributed by atoms with Crippen molar-refractivity contribution in [3.05, 3.63) is 35.9 Å². The molecule has 2 heterocycles. The van der Waals surface area contributed by atoms with E-state index in [1.54, 1.807) is 4.31 Å². The molecule has 1 aromatic carbocycles. The van der Waals surface area contributed by atoms with Gasteiger partial charge in [-0.3, -0.25) is 9.69 Å². The van der Waals surface area contributed by atoms with E-state index in [-0.39, 0.29) is 5.91 Å². The molecule has 27 heavy (non-hydrogen) atoms. The van der Waals surface area contributed by atoms with E-state index in [0.29, 0.717) is 25.4 Å². The van der Waals surface area contributed by atoms with Crippen LogP contribution in [0.15, 0.2) is 30.3 Å². The molecule has 1 atom stereocenters. The van der Waals surface area contributed by atoms with Gasteiger partial charge in [0.2, 0.25) is 15.9 Å². The van der Waals surface area contributed by atoms with E-state index in [9.17, 15) is 13.2 Å². The summed E-state index contributed by atoms with van der Waals surface area (Å²) in [7, 11) is -3.12. The van der Waals surface area contributed by atoms with Gasteiger partial charge in [-0.05, 0) is 30.7 Å². The van der Waals surface area contributed by atoms with E-state index >= 15 is 0 Å². The lowest BCUT2D eigenvalue weighted by Crippen LogP contribution is -2.48. The zero-order chi connectivity index (χ0) is 19.3. The lowest BCUT2D eigenvalue weighted by molar-refractivity contribution is -0.133. The first kappa shape index (κ1) is 20.3. The van der Waals surface area contributed by atoms with Crippen molar-refractivity contribution in [2.45, 2.75) is 32.2 Å². The normalized spacial score (nSPS) is 22.7. The largest absolute Gasteiger partial charge is 0.340 e. The second kappa shape index (κ2) is 9.17. The SMILES string of the molecule is CS(=O)(=O)N1CCCC(CCC(=O)N2CCN(Cc3ccccc3)CC2)C1. The molecule has 2 aliphatic heterocycles. The molecule has 0 aromatic heterocycles. The summed E-state index contributed by atoms with van der Waals surface area (Å²) >= 11 is 0. The Morgan fingerprint density at radius 2 is 1.78 bits per heavy atom. The van der Waals surface area contributed by atoms with Gasteiger partial charge in [-0.25, -0.2) is 12.7 Å². The molecule has 0 spiro atoms. The van der Waals surface area contributed by atoms with Gasteiger partial charge >= 0.3 is 0 Å². The standard InChI is InChI=1S/C20H31N3O3S/c1-27(25,26)23-11-5-8-19(17-23)9-10-20(24)22-14-12-21(13-15-22)16-18-6-3-2-4-7-18/h2-4,6-7,19H,5,8-17H2,1H3. The quantitative estimate of drug-likeness (QED) is 0.739. The number of benzene rings is 1. The minimum atomic E-state index is -3.12. The van der Waals surface area contributed by atoms with Crippen LogP contribution >= 0.6 is 0 Å². The molecule has 3 rings (SSSR count). The van der Waals surface area contributed by atoms with Crippen LogP contribution in [-0.2, 0) is 21.4 Å². The van der Waals surface area contributed by atoms with Crippen LogP contribution in [0, 0.1) is 5.92 Å². The first-order valence-electron chi connectivity index (χ1n) is 9.91. The molecule has 2 aliphatic rings. The highest BCUT2D eigenvalue weighted by Gasteiger charge is 2.27. The number of carbonyl (C=O) groups is 1. The fourth-order valence-corrected chi connectivity index (χ4v) is 4.99. The Kier molecular flexibility index (Phi) is 6.89. The Hall–Kier alpha value is -1.44. The van der Waals surface area contributed by atoms with Crippen molar-refractivity contribution in [3.63, 3.8) is 0 Å². The smallest absolute Gasteiger partial charge is 0.222 e. The Morgan fingerprint density at radius 1 is 1.07 bits per heavy atom. The first-order chi connectivity index (χ1) is 12.9. The number of hydrogen-bond acceptors (Lipinski definition) is 4. The highest BCUT2D eigenvalue weighted by Crippen LogP contribution is 2.23. The van der Waals surface area contributed by atoms with Crippen molar-refractivity contribution in [1.29, 1.82) is 0 Å². The maximum atomic E-state index is 12.6. The number of carbonyl (C=O) groups excluding carboxylic acids is 1. The van der Waals surface area contributed by atoms with Gasteiger partial charge in [0.25, 0.3) is 0 Å². The molecule has 6 nitrogen and oxygen atoms in total. The van der Waals surface area contributed by atoms with Gasteiger partial charge in [-0.1, -0.05) is 30.3 Å². The maximum Gasteiger partial charge on any atom is 0.222 e. The number of piperidine rings is 1. The van der Waals surface area contributed by atoms with Crippen molar-refractivity contribution >= 4 is 15.9 Å². The monoisotopic (exact) mass is 393 g/mol. The molecular formula is C20H31N3O3S. The molecule has 0 aliphatic carbocycles. The van der Waals surface area contributed by atoms with Crippen LogP contribution in [0.4, 0.5) is 0 Å². The Morgan fingerprint density at radius 3 is 2.44 bits per heavy atom. The van der Waals surface area contributed by atoms with Crippen LogP contribution in [0.5, 0.6) is 0 Å². The molecule has 0 N–H and O–H groups in total. The van der Waals surface area contributed by atoms with Gasteiger partial charge in [-0.15, -0.1) is 0 Å². The van der Waals surface area contributed by atoms with Crippen molar-refractivity contribution < 1.29 is 13.2 Å². The molecular weight excluding hydrogens is 362 g/mol. The number of piperazine rings is 1. The fourth-order valence-electron chi connectivity index (χ4n) is 4.05. The summed E-state index contributed by atoms with van der Waals surface area (Å²) in [6, 6.07) is 10.4. The molecule has 150 valence electrons. The van der Waals surface area contributed by atoms with E-state index in [1.165, 1.54) is 11.8 Å². The second-order valence-corrected chi connectivity index (χ2v) is 9.79. The van der Waals surface area contributed by atoms with E-state index in [1.807, 2.05) is 11.0 Å². The van der Waals surface area contributed by atoms with Gasteiger partial charge in [0, 0.05) is 52.2 Å². The van der Waals surface area contributed by atoms with E-state index in [0.717, 1.165) is 52.0 Å². The van der Waals surface area contributed by atoms with Crippen LogP contribution < -0.4 is 0 Å². The fraction of sp³-hybridized carbons (Fsp3) is 0.650. The lowest BCUT2D eigenvalue weighted by Gasteiger charge is -2.35. The molecule has 1 unspecified atom stereocenters. The molecule has 2 fully saturated rings. The topological polar surface area (TPSA) is 60.9 Å². The number of rotatable bonds is 6. The van der Waals surface area contributed by atoms with Gasteiger partial charge < -0.3 is 4.90 Å². The zero-order valence-corrected chi connectivity index (χ0v) is 17.0. The minimum absolute atomic E-state index is 0.214. The van der Waals surface area contributed by atoms with Crippen LogP contribution in [0.1, 0.15) is 31.2 Å². The zero-order valence-electron chi connectivity index (χ0n) is 16.2. The summed E-state index contributed by atoms with van der Waals surface area (Å²) in [4.78, 5) is 16.9. The van der Waals surface area contributed by atoms with Gasteiger partial charge in [0.1, 0.15) is 0 Å². The number of nitrogens with zero attached hydrogens (tertiary/aromatic N) is 3. The van der Waals surface area contributed by atoms with E-state index in [2.05, 4.69) is 29.2 Å². The van der Waals surface area contributed by atoms with Crippen molar-refractivity contribution in [2.24, 2.45) is 5.92 Å². The van der Waals surface area contributed by atoms with Gasteiger partial charge in [-0.2, -0.15) is 0 Å². The third-order valence-corrected chi connectivity index (χ3v) is 6.96. The third-order valence-electron chi connectivity index (χ3n) is 5.69. The molecule has 7 heteroatoms. The molecule has 0 radical (unpaired) electrons. The summed E-state index contributed by atoms with van der Waals surface area (Å²) in [6.45, 7) is 5.51. The summed E-state index contributed by atoms with van der Waals surface area (Å²) in [6.07, 6.45) is 4.50. The summed E-state index contributed by atoms with van der Waals surface area (Å²) in [5, 5.41) is 0. The first-order valence-corrected chi connectivity index (χ1v) is 11.8. The Labute approximate surface area is 163 Å². The van der Waals surface area contributed by atoms with Gasteiger partial charge in [0.05, 0.1) is 6.26 Å². The van der Waals surface area contributed by atoms with Crippen LogP contribution in [-0.4, -0.2) is 74.0 Å². The minimum Gasteiger partial charge on any atom is -0.340 e. The highest BCUT2D eigenvalue weighted by molar-refractivity contribution is 7.88. The van der Waals surface area contributed by atoms with Crippen molar-refractivity contribution in [2.75, 3.05) is 45.5 Å². The lowest BCUT2D eigenvalue weighted by atomic mass is 9.94. The average molecular weight is 394 g/mol. The molecule has 2 saturated heterocycles. The molecule has 1 amide bonds. The van der Waals surface area contributed by atoms with Crippen LogP contribution in [0.25, 0.3) is 0 Å². The average Bonchev–Trinajstić information content (AvgIpc) is 2.67. The number of hydrogen-bond donors (Lipinski definition) is 0. The number of amides is 1. The summed E-state index contributed by atoms with van der Waals surface area (Å²) < 4.78 is 25.0. The van der Waals surface area contributed by atoms with E-state index in [4.69, 9.17) is 0 Å². The second-order valence-electron chi connectivity index (χ2n) is 7.81. The Bertz CT molecular complexity index is 715. The van der Waals surface area contributed by atoms with Gasteiger partial charge in [0.15, 0.2) is 0 Å². The summed E-state index contributed by atoms with van der Waals surface area (Å²) in [5.41, 5.74) is 1.31.